The number of piperidine rings is 1. The van der Waals surface area contributed by atoms with Crippen LogP contribution in [0.15, 0.2) is 6.07 Å². The number of nitrogens with zero attached hydrogens (tertiary/aromatic N) is 2. The van der Waals surface area contributed by atoms with Crippen LogP contribution in [0.1, 0.15) is 12.8 Å². The Morgan fingerprint density at radius 3 is 3.19 bits per heavy atom. The van der Waals surface area contributed by atoms with Gasteiger partial charge >= 0.3 is 0 Å². The highest BCUT2D eigenvalue weighted by Gasteiger charge is 2.25. The molecule has 2 rings (SSSR count). The Morgan fingerprint density at radius 2 is 2.56 bits per heavy atom. The largest absolute Gasteiger partial charge is 0.383 e. The van der Waals surface area contributed by atoms with Gasteiger partial charge in [-0.05, 0) is 24.4 Å². The number of nitrogens with two attached hydrogens (primary N) is 1. The number of nitrogen functional groups attached to an aromatic ring is 1. The first-order valence-corrected chi connectivity index (χ1v) is 6.17. The second-order valence-electron chi connectivity index (χ2n) is 3.99. The molecule has 1 saturated heterocycles. The summed E-state index contributed by atoms with van der Waals surface area (Å²) in [5.74, 6) is 0.770. The van der Waals surface area contributed by atoms with E-state index in [2.05, 4.69) is 14.6 Å². The quantitative estimate of drug-likeness (QED) is 0.798. The monoisotopic (exact) mass is 240 g/mol. The standard InChI is InChI=1S/C10H16N4OS/c1-12-10(15)7-3-2-4-14(6-7)9-5-8(11)13-16-9/h5,7H,2-4,6H2,1H3,(H2,11,13)(H,12,15). The molecule has 0 spiro atoms. The van der Waals surface area contributed by atoms with E-state index in [1.54, 1.807) is 7.05 Å². The molecule has 88 valence electrons. The number of rotatable bonds is 2. The third kappa shape index (κ3) is 2.27. The van der Waals surface area contributed by atoms with E-state index < -0.39 is 0 Å². The van der Waals surface area contributed by atoms with E-state index in [-0.39, 0.29) is 11.8 Å². The van der Waals surface area contributed by atoms with E-state index in [0.717, 1.165) is 30.9 Å². The summed E-state index contributed by atoms with van der Waals surface area (Å²) >= 11 is 1.40. The normalized spacial score (nSPS) is 20.8. The SMILES string of the molecule is CNC(=O)C1CCCN(c2cc(N)ns2)C1. The Morgan fingerprint density at radius 1 is 1.75 bits per heavy atom. The summed E-state index contributed by atoms with van der Waals surface area (Å²) in [4.78, 5) is 13.8. The molecule has 0 radical (unpaired) electrons. The van der Waals surface area contributed by atoms with E-state index in [0.29, 0.717) is 5.82 Å². The lowest BCUT2D eigenvalue weighted by molar-refractivity contribution is -0.124. The maximum absolute atomic E-state index is 11.6. The first-order chi connectivity index (χ1) is 7.70. The van der Waals surface area contributed by atoms with Crippen molar-refractivity contribution in [2.75, 3.05) is 30.8 Å². The fourth-order valence-corrected chi connectivity index (χ4v) is 2.73. The van der Waals surface area contributed by atoms with Gasteiger partial charge in [0.05, 0.1) is 5.92 Å². The lowest BCUT2D eigenvalue weighted by Gasteiger charge is -2.31. The van der Waals surface area contributed by atoms with Gasteiger partial charge in [-0.15, -0.1) is 0 Å². The highest BCUT2D eigenvalue weighted by Crippen LogP contribution is 2.27. The van der Waals surface area contributed by atoms with Crippen molar-refractivity contribution in [1.82, 2.24) is 9.69 Å². The van der Waals surface area contributed by atoms with Crippen molar-refractivity contribution in [2.45, 2.75) is 12.8 Å². The molecule has 1 atom stereocenters. The van der Waals surface area contributed by atoms with Crippen LogP contribution in [0.5, 0.6) is 0 Å². The van der Waals surface area contributed by atoms with E-state index in [1.807, 2.05) is 6.07 Å². The zero-order chi connectivity index (χ0) is 11.5. The third-order valence-corrected chi connectivity index (χ3v) is 3.73. The Hall–Kier alpha value is -1.30. The molecular formula is C10H16N4OS. The second kappa shape index (κ2) is 4.69. The number of hydrogen-bond acceptors (Lipinski definition) is 5. The van der Waals surface area contributed by atoms with E-state index in [4.69, 9.17) is 5.73 Å². The molecule has 0 aromatic carbocycles. The Balaban J connectivity index is 2.04. The highest BCUT2D eigenvalue weighted by molar-refractivity contribution is 7.10. The van der Waals surface area contributed by atoms with Gasteiger partial charge in [0.15, 0.2) is 0 Å². The molecule has 6 heteroatoms. The fraction of sp³-hybridized carbons (Fsp3) is 0.600. The highest BCUT2D eigenvalue weighted by atomic mass is 32.1. The van der Waals surface area contributed by atoms with Gasteiger partial charge in [0, 0.05) is 26.2 Å². The Bertz CT molecular complexity index is 379. The molecule has 1 aliphatic rings. The van der Waals surface area contributed by atoms with Crippen LogP contribution < -0.4 is 16.0 Å². The zero-order valence-corrected chi connectivity index (χ0v) is 10.1. The Labute approximate surface area is 98.8 Å². The number of aromatic nitrogens is 1. The average Bonchev–Trinajstić information content (AvgIpc) is 2.75. The lowest BCUT2D eigenvalue weighted by atomic mass is 9.97. The van der Waals surface area contributed by atoms with Gasteiger partial charge < -0.3 is 16.0 Å². The van der Waals surface area contributed by atoms with Crippen molar-refractivity contribution in [3.8, 4) is 0 Å². The van der Waals surface area contributed by atoms with Crippen molar-refractivity contribution in [2.24, 2.45) is 5.92 Å². The van der Waals surface area contributed by atoms with Gasteiger partial charge in [0.1, 0.15) is 10.8 Å². The van der Waals surface area contributed by atoms with Gasteiger partial charge in [-0.2, -0.15) is 4.37 Å². The van der Waals surface area contributed by atoms with E-state index in [9.17, 15) is 4.79 Å². The summed E-state index contributed by atoms with van der Waals surface area (Å²) < 4.78 is 4.06. The number of hydrogen-bond donors (Lipinski definition) is 2. The molecule has 3 N–H and O–H groups in total. The van der Waals surface area contributed by atoms with Crippen molar-refractivity contribution in [3.63, 3.8) is 0 Å². The summed E-state index contributed by atoms with van der Waals surface area (Å²) in [7, 11) is 1.69. The van der Waals surface area contributed by atoms with E-state index in [1.165, 1.54) is 11.5 Å². The lowest BCUT2D eigenvalue weighted by Crippen LogP contribution is -2.41. The molecule has 2 heterocycles. The number of carbonyl (C=O) groups is 1. The topological polar surface area (TPSA) is 71.2 Å². The Kier molecular flexibility index (Phi) is 3.28. The molecule has 1 fully saturated rings. The molecule has 1 aromatic rings. The first-order valence-electron chi connectivity index (χ1n) is 5.39. The zero-order valence-electron chi connectivity index (χ0n) is 9.27. The van der Waals surface area contributed by atoms with Gasteiger partial charge in [0.25, 0.3) is 0 Å². The molecule has 0 bridgehead atoms. The van der Waals surface area contributed by atoms with Gasteiger partial charge in [-0.25, -0.2) is 0 Å². The fourth-order valence-electron chi connectivity index (χ4n) is 2.02. The van der Waals surface area contributed by atoms with Gasteiger partial charge in [-0.3, -0.25) is 4.79 Å². The average molecular weight is 240 g/mol. The molecule has 0 saturated carbocycles. The minimum atomic E-state index is 0.0853. The van der Waals surface area contributed by atoms with Crippen LogP contribution in [0.25, 0.3) is 0 Å². The van der Waals surface area contributed by atoms with Crippen LogP contribution in [-0.2, 0) is 4.79 Å². The maximum Gasteiger partial charge on any atom is 0.224 e. The predicted molar refractivity (Wildman–Crippen MR) is 65.5 cm³/mol. The molecule has 1 unspecified atom stereocenters. The summed E-state index contributed by atoms with van der Waals surface area (Å²) in [5, 5.41) is 3.77. The smallest absolute Gasteiger partial charge is 0.224 e. The second-order valence-corrected chi connectivity index (χ2v) is 4.77. The minimum Gasteiger partial charge on any atom is -0.383 e. The molecule has 1 amide bonds. The molecule has 16 heavy (non-hydrogen) atoms. The number of carbonyl (C=O) groups excluding carboxylic acids is 1. The summed E-state index contributed by atoms with van der Waals surface area (Å²) in [6, 6.07) is 1.87. The number of nitrogens with one attached hydrogen (secondary N) is 1. The van der Waals surface area contributed by atoms with Crippen molar-refractivity contribution in [3.05, 3.63) is 6.07 Å². The van der Waals surface area contributed by atoms with Crippen LogP contribution >= 0.6 is 11.5 Å². The van der Waals surface area contributed by atoms with Gasteiger partial charge in [0.2, 0.25) is 5.91 Å². The van der Waals surface area contributed by atoms with Gasteiger partial charge in [-0.1, -0.05) is 0 Å². The summed E-state index contributed by atoms with van der Waals surface area (Å²) in [5.41, 5.74) is 5.60. The predicted octanol–water partition coefficient (Wildman–Crippen LogP) is 0.688. The number of anilines is 2. The van der Waals surface area contributed by atoms with Crippen molar-refractivity contribution >= 4 is 28.3 Å². The third-order valence-electron chi connectivity index (χ3n) is 2.87. The molecule has 1 aromatic heterocycles. The van der Waals surface area contributed by atoms with Crippen LogP contribution in [0.2, 0.25) is 0 Å². The summed E-state index contributed by atoms with van der Waals surface area (Å²) in [6.45, 7) is 1.75. The minimum absolute atomic E-state index is 0.0853. The van der Waals surface area contributed by atoms with Crippen LogP contribution in [-0.4, -0.2) is 30.4 Å². The molecule has 0 aliphatic carbocycles. The number of amides is 1. The maximum atomic E-state index is 11.6. The van der Waals surface area contributed by atoms with Crippen molar-refractivity contribution in [1.29, 1.82) is 0 Å². The van der Waals surface area contributed by atoms with Crippen LogP contribution in [0.4, 0.5) is 10.8 Å². The first kappa shape index (κ1) is 11.2. The van der Waals surface area contributed by atoms with Crippen LogP contribution in [0, 0.1) is 5.92 Å². The molecule has 5 nitrogen and oxygen atoms in total. The molecular weight excluding hydrogens is 224 g/mol. The summed E-state index contributed by atoms with van der Waals surface area (Å²) in [6.07, 6.45) is 2.00. The van der Waals surface area contributed by atoms with E-state index >= 15 is 0 Å². The molecule has 1 aliphatic heterocycles. The van der Waals surface area contributed by atoms with Crippen LogP contribution in [0.3, 0.4) is 0 Å². The van der Waals surface area contributed by atoms with Crippen molar-refractivity contribution < 1.29 is 4.79 Å².